The Morgan fingerprint density at radius 1 is 1.14 bits per heavy atom. The van der Waals surface area contributed by atoms with Crippen molar-refractivity contribution in [3.8, 4) is 0 Å². The highest BCUT2D eigenvalue weighted by molar-refractivity contribution is 5.91. The fraction of sp³-hybridized carbons (Fsp3) is 0.211. The zero-order valence-corrected chi connectivity index (χ0v) is 12.7. The lowest BCUT2D eigenvalue weighted by molar-refractivity contribution is -0.116. The first-order chi connectivity index (χ1) is 10.7. The zero-order valence-electron chi connectivity index (χ0n) is 12.7. The summed E-state index contributed by atoms with van der Waals surface area (Å²) in [6, 6.07) is 17.3. The third kappa shape index (κ3) is 4.86. The van der Waals surface area contributed by atoms with Gasteiger partial charge in [-0.3, -0.25) is 4.79 Å². The van der Waals surface area contributed by atoms with Crippen LogP contribution in [0.15, 0.2) is 60.7 Å². The van der Waals surface area contributed by atoms with Gasteiger partial charge >= 0.3 is 0 Å². The number of carbonyl (C=O) groups is 1. The van der Waals surface area contributed by atoms with Crippen molar-refractivity contribution in [2.24, 2.45) is 0 Å². The van der Waals surface area contributed by atoms with Crippen LogP contribution in [0, 0.1) is 0 Å². The average molecular weight is 295 g/mol. The van der Waals surface area contributed by atoms with Crippen molar-refractivity contribution < 1.29 is 9.90 Å². The van der Waals surface area contributed by atoms with Crippen LogP contribution in [0.25, 0.3) is 6.08 Å². The Morgan fingerprint density at radius 2 is 1.82 bits per heavy atom. The Balaban J connectivity index is 1.85. The minimum atomic E-state index is -0.602. The molecule has 3 nitrogen and oxygen atoms in total. The summed E-state index contributed by atoms with van der Waals surface area (Å²) >= 11 is 0. The molecule has 0 spiro atoms. The second-order valence-electron chi connectivity index (χ2n) is 5.16. The number of anilines is 1. The zero-order chi connectivity index (χ0) is 15.8. The van der Waals surface area contributed by atoms with Gasteiger partial charge in [-0.15, -0.1) is 0 Å². The predicted octanol–water partition coefficient (Wildman–Crippen LogP) is 4.17. The number of rotatable bonds is 6. The van der Waals surface area contributed by atoms with Crippen LogP contribution in [0.5, 0.6) is 0 Å². The van der Waals surface area contributed by atoms with Crippen LogP contribution in [0.2, 0.25) is 0 Å². The van der Waals surface area contributed by atoms with Gasteiger partial charge in [0.2, 0.25) is 5.91 Å². The summed E-state index contributed by atoms with van der Waals surface area (Å²) in [7, 11) is 0. The van der Waals surface area contributed by atoms with E-state index in [-0.39, 0.29) is 5.91 Å². The standard InChI is InChI=1S/C19H21NO2/c1-15(21)17-12-6-7-13-18(17)20-19(22)14-8-5-11-16-9-3-2-4-10-16/h2-7,9-13,15,21H,8,14H2,1H3,(H,20,22)/b11-5+. The van der Waals surface area contributed by atoms with Gasteiger partial charge in [0.15, 0.2) is 0 Å². The number of carbonyl (C=O) groups excluding carboxylic acids is 1. The summed E-state index contributed by atoms with van der Waals surface area (Å²) in [6.07, 6.45) is 4.50. The molecule has 2 aromatic carbocycles. The number of benzene rings is 2. The summed E-state index contributed by atoms with van der Waals surface area (Å²) in [5, 5.41) is 12.6. The lowest BCUT2D eigenvalue weighted by Gasteiger charge is -2.12. The van der Waals surface area contributed by atoms with Crippen LogP contribution < -0.4 is 5.32 Å². The molecule has 114 valence electrons. The monoisotopic (exact) mass is 295 g/mol. The number of para-hydroxylation sites is 1. The third-order valence-corrected chi connectivity index (χ3v) is 3.33. The topological polar surface area (TPSA) is 49.3 Å². The number of amides is 1. The molecular weight excluding hydrogens is 274 g/mol. The van der Waals surface area contributed by atoms with E-state index in [0.29, 0.717) is 18.5 Å². The normalized spacial score (nSPS) is 12.3. The van der Waals surface area contributed by atoms with Gasteiger partial charge < -0.3 is 10.4 Å². The van der Waals surface area contributed by atoms with Gasteiger partial charge in [0.25, 0.3) is 0 Å². The number of aliphatic hydroxyl groups is 1. The third-order valence-electron chi connectivity index (χ3n) is 3.33. The van der Waals surface area contributed by atoms with Crippen molar-refractivity contribution in [2.75, 3.05) is 5.32 Å². The highest BCUT2D eigenvalue weighted by atomic mass is 16.3. The number of allylic oxidation sites excluding steroid dienone is 1. The molecular formula is C19H21NO2. The number of nitrogens with one attached hydrogen (secondary N) is 1. The van der Waals surface area contributed by atoms with Gasteiger partial charge in [-0.25, -0.2) is 0 Å². The quantitative estimate of drug-likeness (QED) is 0.840. The molecule has 0 fully saturated rings. The molecule has 2 rings (SSSR count). The van der Waals surface area contributed by atoms with Crippen molar-refractivity contribution in [1.82, 2.24) is 0 Å². The molecule has 3 heteroatoms. The molecule has 0 aliphatic rings. The molecule has 0 bridgehead atoms. The summed E-state index contributed by atoms with van der Waals surface area (Å²) in [5.74, 6) is -0.0502. The minimum Gasteiger partial charge on any atom is -0.389 e. The van der Waals surface area contributed by atoms with Gasteiger partial charge in [-0.05, 0) is 25.0 Å². The van der Waals surface area contributed by atoms with E-state index in [9.17, 15) is 9.90 Å². The number of hydrogen-bond donors (Lipinski definition) is 2. The van der Waals surface area contributed by atoms with E-state index in [1.807, 2.05) is 60.7 Å². The molecule has 1 atom stereocenters. The van der Waals surface area contributed by atoms with Gasteiger partial charge in [-0.1, -0.05) is 60.7 Å². The lowest BCUT2D eigenvalue weighted by Crippen LogP contribution is -2.13. The van der Waals surface area contributed by atoms with Crippen LogP contribution in [0.1, 0.15) is 37.0 Å². The fourth-order valence-corrected chi connectivity index (χ4v) is 2.19. The molecule has 0 aromatic heterocycles. The molecule has 2 N–H and O–H groups in total. The maximum Gasteiger partial charge on any atom is 0.224 e. The highest BCUT2D eigenvalue weighted by Gasteiger charge is 2.09. The van der Waals surface area contributed by atoms with E-state index in [1.54, 1.807) is 13.0 Å². The van der Waals surface area contributed by atoms with E-state index < -0.39 is 6.10 Å². The summed E-state index contributed by atoms with van der Waals surface area (Å²) < 4.78 is 0. The smallest absolute Gasteiger partial charge is 0.224 e. The van der Waals surface area contributed by atoms with Crippen LogP contribution in [0.4, 0.5) is 5.69 Å². The van der Waals surface area contributed by atoms with E-state index in [0.717, 1.165) is 11.1 Å². The Hall–Kier alpha value is -2.39. The molecule has 0 heterocycles. The van der Waals surface area contributed by atoms with Crippen molar-refractivity contribution in [2.45, 2.75) is 25.9 Å². The molecule has 1 amide bonds. The predicted molar refractivity (Wildman–Crippen MR) is 90.4 cm³/mol. The summed E-state index contributed by atoms with van der Waals surface area (Å²) in [4.78, 5) is 12.0. The van der Waals surface area contributed by atoms with Crippen LogP contribution >= 0.6 is 0 Å². The number of hydrogen-bond acceptors (Lipinski definition) is 2. The first-order valence-electron chi connectivity index (χ1n) is 7.45. The van der Waals surface area contributed by atoms with E-state index in [1.165, 1.54) is 0 Å². The van der Waals surface area contributed by atoms with Crippen molar-refractivity contribution >= 4 is 17.7 Å². The Labute approximate surface area is 131 Å². The largest absolute Gasteiger partial charge is 0.389 e. The Morgan fingerprint density at radius 3 is 2.55 bits per heavy atom. The molecule has 0 saturated carbocycles. The van der Waals surface area contributed by atoms with E-state index >= 15 is 0 Å². The molecule has 0 radical (unpaired) electrons. The van der Waals surface area contributed by atoms with Gasteiger partial charge in [0.05, 0.1) is 6.10 Å². The SMILES string of the molecule is CC(O)c1ccccc1NC(=O)CC/C=C/c1ccccc1. The molecule has 22 heavy (non-hydrogen) atoms. The maximum absolute atomic E-state index is 12.0. The van der Waals surface area contributed by atoms with Crippen molar-refractivity contribution in [1.29, 1.82) is 0 Å². The minimum absolute atomic E-state index is 0.0502. The van der Waals surface area contributed by atoms with Gasteiger partial charge in [-0.2, -0.15) is 0 Å². The van der Waals surface area contributed by atoms with Gasteiger partial charge in [0.1, 0.15) is 0 Å². The van der Waals surface area contributed by atoms with Crippen molar-refractivity contribution in [3.63, 3.8) is 0 Å². The molecule has 2 aromatic rings. The fourth-order valence-electron chi connectivity index (χ4n) is 2.19. The molecule has 1 unspecified atom stereocenters. The van der Waals surface area contributed by atoms with Gasteiger partial charge in [0, 0.05) is 17.7 Å². The second-order valence-corrected chi connectivity index (χ2v) is 5.16. The highest BCUT2D eigenvalue weighted by Crippen LogP contribution is 2.22. The molecule has 0 aliphatic heterocycles. The van der Waals surface area contributed by atoms with Crippen LogP contribution in [-0.4, -0.2) is 11.0 Å². The molecule has 0 aliphatic carbocycles. The first-order valence-corrected chi connectivity index (χ1v) is 7.45. The maximum atomic E-state index is 12.0. The average Bonchev–Trinajstić information content (AvgIpc) is 2.53. The first kappa shape index (κ1) is 16.0. The second kappa shape index (κ2) is 8.15. The van der Waals surface area contributed by atoms with Crippen molar-refractivity contribution in [3.05, 3.63) is 71.8 Å². The van der Waals surface area contributed by atoms with Crippen LogP contribution in [0.3, 0.4) is 0 Å². The summed E-state index contributed by atoms with van der Waals surface area (Å²) in [5.41, 5.74) is 2.53. The van der Waals surface area contributed by atoms with E-state index in [2.05, 4.69) is 5.32 Å². The molecule has 0 saturated heterocycles. The number of aliphatic hydroxyl groups excluding tert-OH is 1. The Bertz CT molecular complexity index is 633. The Kier molecular flexibility index (Phi) is 5.92. The van der Waals surface area contributed by atoms with E-state index in [4.69, 9.17) is 0 Å². The van der Waals surface area contributed by atoms with Crippen LogP contribution in [-0.2, 0) is 4.79 Å². The summed E-state index contributed by atoms with van der Waals surface area (Å²) in [6.45, 7) is 1.69. The lowest BCUT2D eigenvalue weighted by atomic mass is 10.1.